The number of halogens is 2. The lowest BCUT2D eigenvalue weighted by Crippen LogP contribution is -2.10. The molecule has 6 nitrogen and oxygen atoms in total. The van der Waals surface area contributed by atoms with Crippen LogP contribution in [0.25, 0.3) is 0 Å². The van der Waals surface area contributed by atoms with Crippen molar-refractivity contribution >= 4 is 49.4 Å². The molecule has 1 unspecified atom stereocenters. The molecule has 0 spiro atoms. The van der Waals surface area contributed by atoms with Gasteiger partial charge in [0, 0.05) is 0 Å². The molecule has 0 fully saturated rings. The summed E-state index contributed by atoms with van der Waals surface area (Å²) >= 11 is 12.1. The van der Waals surface area contributed by atoms with Crippen molar-refractivity contribution in [3.05, 3.63) is 50.6 Å². The van der Waals surface area contributed by atoms with Crippen molar-refractivity contribution in [2.45, 2.75) is 9.60 Å². The van der Waals surface area contributed by atoms with Crippen LogP contribution >= 0.6 is 34.5 Å². The molecule has 0 saturated heterocycles. The zero-order chi connectivity index (χ0) is 14.9. The summed E-state index contributed by atoms with van der Waals surface area (Å²) in [6.07, 6.45) is 0. The second kappa shape index (κ2) is 5.65. The molecule has 1 heterocycles. The molecule has 106 valence electrons. The molecular formula is C10H6Cl2N2O4S2. The first-order valence-electron chi connectivity index (χ1n) is 5.07. The molecule has 0 bridgehead atoms. The first kappa shape index (κ1) is 15.2. The van der Waals surface area contributed by atoms with Crippen LogP contribution in [0.1, 0.15) is 10.4 Å². The lowest BCUT2D eigenvalue weighted by molar-refractivity contribution is -0.381. The Kier molecular flexibility index (Phi) is 4.28. The van der Waals surface area contributed by atoms with E-state index in [-0.39, 0.29) is 15.1 Å². The number of sulfone groups is 1. The molecule has 10 heteroatoms. The Balaban J connectivity index is 2.52. The van der Waals surface area contributed by atoms with Gasteiger partial charge in [-0.2, -0.15) is 0 Å². The average Bonchev–Trinajstić information content (AvgIpc) is 2.81. The molecule has 1 aromatic carbocycles. The Labute approximate surface area is 128 Å². The van der Waals surface area contributed by atoms with Gasteiger partial charge in [0.2, 0.25) is 9.84 Å². The van der Waals surface area contributed by atoms with E-state index in [0.717, 1.165) is 0 Å². The second-order valence-electron chi connectivity index (χ2n) is 3.59. The Bertz CT molecular complexity index is 746. The van der Waals surface area contributed by atoms with E-state index in [4.69, 9.17) is 23.2 Å². The van der Waals surface area contributed by atoms with Gasteiger partial charge < -0.3 is 0 Å². The fraction of sp³-hybridized carbons (Fsp3) is 0.100. The topological polar surface area (TPSA) is 90.2 Å². The minimum Gasteiger partial charge on any atom is -0.257 e. The van der Waals surface area contributed by atoms with E-state index in [0.29, 0.717) is 11.3 Å². The molecule has 2 aromatic rings. The SMILES string of the molecule is O=[N+]([O-])c1sc(Cl)nc1C(Cl)S(=O)(=O)c1ccccc1. The van der Waals surface area contributed by atoms with Crippen LogP contribution in [0.4, 0.5) is 5.00 Å². The van der Waals surface area contributed by atoms with Gasteiger partial charge in [0.25, 0.3) is 0 Å². The lowest BCUT2D eigenvalue weighted by atomic mass is 10.4. The maximum atomic E-state index is 12.3. The fourth-order valence-electron chi connectivity index (χ4n) is 1.45. The predicted molar refractivity (Wildman–Crippen MR) is 76.0 cm³/mol. The summed E-state index contributed by atoms with van der Waals surface area (Å²) in [6, 6.07) is 7.40. The third-order valence-corrected chi connectivity index (χ3v) is 6.07. The number of hydrogen-bond donors (Lipinski definition) is 0. The van der Waals surface area contributed by atoms with Crippen LogP contribution in [0.3, 0.4) is 0 Å². The third kappa shape index (κ3) is 2.78. The molecule has 20 heavy (non-hydrogen) atoms. The van der Waals surface area contributed by atoms with Gasteiger partial charge in [0.1, 0.15) is 0 Å². The highest BCUT2D eigenvalue weighted by Gasteiger charge is 2.36. The number of rotatable bonds is 4. The molecule has 1 atom stereocenters. The molecule has 0 saturated carbocycles. The Morgan fingerprint density at radius 3 is 2.45 bits per heavy atom. The van der Waals surface area contributed by atoms with Crippen LogP contribution in [0, 0.1) is 10.1 Å². The average molecular weight is 353 g/mol. The van der Waals surface area contributed by atoms with E-state index < -0.39 is 24.5 Å². The number of nitrogens with zero attached hydrogens (tertiary/aromatic N) is 2. The molecule has 0 aliphatic heterocycles. The van der Waals surface area contributed by atoms with Crippen molar-refractivity contribution in [2.75, 3.05) is 0 Å². The van der Waals surface area contributed by atoms with E-state index in [1.807, 2.05) is 0 Å². The van der Waals surface area contributed by atoms with Crippen molar-refractivity contribution in [3.63, 3.8) is 0 Å². The Morgan fingerprint density at radius 1 is 1.30 bits per heavy atom. The van der Waals surface area contributed by atoms with Gasteiger partial charge in [0.05, 0.1) is 9.82 Å². The third-order valence-electron chi connectivity index (χ3n) is 2.33. The van der Waals surface area contributed by atoms with Gasteiger partial charge in [-0.25, -0.2) is 13.4 Å². The molecule has 0 aliphatic carbocycles. The Hall–Kier alpha value is -1.22. The maximum absolute atomic E-state index is 12.3. The van der Waals surface area contributed by atoms with Crippen LogP contribution in [0.5, 0.6) is 0 Å². The minimum absolute atomic E-state index is 0.0431. The number of aromatic nitrogens is 1. The highest BCUT2D eigenvalue weighted by Crippen LogP contribution is 2.41. The summed E-state index contributed by atoms with van der Waals surface area (Å²) in [6.45, 7) is 0. The zero-order valence-electron chi connectivity index (χ0n) is 9.56. The quantitative estimate of drug-likeness (QED) is 0.477. The number of thiazole rings is 1. The largest absolute Gasteiger partial charge is 0.350 e. The normalized spacial score (nSPS) is 13.1. The van der Waals surface area contributed by atoms with Gasteiger partial charge in [-0.15, -0.1) is 0 Å². The van der Waals surface area contributed by atoms with E-state index in [9.17, 15) is 18.5 Å². The number of alkyl halides is 1. The van der Waals surface area contributed by atoms with Gasteiger partial charge in [-0.3, -0.25) is 10.1 Å². The van der Waals surface area contributed by atoms with Crippen LogP contribution in [-0.4, -0.2) is 18.3 Å². The smallest absolute Gasteiger partial charge is 0.257 e. The number of nitro groups is 1. The highest BCUT2D eigenvalue weighted by atomic mass is 35.5. The molecular weight excluding hydrogens is 347 g/mol. The van der Waals surface area contributed by atoms with Crippen LogP contribution < -0.4 is 0 Å². The zero-order valence-corrected chi connectivity index (χ0v) is 12.7. The number of benzene rings is 1. The predicted octanol–water partition coefficient (Wildman–Crippen LogP) is 3.42. The van der Waals surface area contributed by atoms with Crippen molar-refractivity contribution in [1.29, 1.82) is 0 Å². The lowest BCUT2D eigenvalue weighted by Gasteiger charge is -2.08. The number of hydrogen-bond acceptors (Lipinski definition) is 6. The fourth-order valence-corrected chi connectivity index (χ4v) is 4.24. The summed E-state index contributed by atoms with van der Waals surface area (Å²) in [7, 11) is -3.99. The molecule has 2 rings (SSSR count). The second-order valence-corrected chi connectivity index (χ2v) is 7.88. The maximum Gasteiger partial charge on any atom is 0.350 e. The summed E-state index contributed by atoms with van der Waals surface area (Å²) < 4.78 is 22.8. The van der Waals surface area contributed by atoms with Crippen molar-refractivity contribution < 1.29 is 13.3 Å². The van der Waals surface area contributed by atoms with Crippen molar-refractivity contribution in [2.24, 2.45) is 0 Å². The molecule has 0 radical (unpaired) electrons. The minimum atomic E-state index is -3.99. The molecule has 0 amide bonds. The summed E-state index contributed by atoms with van der Waals surface area (Å²) in [5.74, 6) is 0. The molecule has 1 aromatic heterocycles. The van der Waals surface area contributed by atoms with Crippen LogP contribution in [0.15, 0.2) is 35.2 Å². The molecule has 0 N–H and O–H groups in total. The van der Waals surface area contributed by atoms with Gasteiger partial charge in [-0.05, 0) is 23.5 Å². The van der Waals surface area contributed by atoms with Crippen LogP contribution in [0.2, 0.25) is 4.47 Å². The summed E-state index contributed by atoms with van der Waals surface area (Å²) in [4.78, 5) is 13.7. The monoisotopic (exact) mass is 352 g/mol. The van der Waals surface area contributed by atoms with Gasteiger partial charge >= 0.3 is 5.00 Å². The van der Waals surface area contributed by atoms with Gasteiger partial charge in [-0.1, -0.05) is 41.4 Å². The standard InChI is InChI=1S/C10H6Cl2N2O4S2/c11-8(7-9(14(15)16)19-10(12)13-7)20(17,18)6-4-2-1-3-5-6/h1-5,8H. The van der Waals surface area contributed by atoms with E-state index in [1.165, 1.54) is 24.3 Å². The van der Waals surface area contributed by atoms with Crippen LogP contribution in [-0.2, 0) is 9.84 Å². The first-order chi connectivity index (χ1) is 9.34. The molecule has 0 aliphatic rings. The summed E-state index contributed by atoms with van der Waals surface area (Å²) in [5.41, 5.74) is -0.365. The van der Waals surface area contributed by atoms with E-state index in [1.54, 1.807) is 6.07 Å². The highest BCUT2D eigenvalue weighted by molar-refractivity contribution is 7.92. The Morgan fingerprint density at radius 2 is 1.90 bits per heavy atom. The van der Waals surface area contributed by atoms with Gasteiger partial charge in [0.15, 0.2) is 14.9 Å². The van der Waals surface area contributed by atoms with Crippen molar-refractivity contribution in [1.82, 2.24) is 4.98 Å². The van der Waals surface area contributed by atoms with E-state index in [2.05, 4.69) is 4.98 Å². The van der Waals surface area contributed by atoms with E-state index >= 15 is 0 Å². The summed E-state index contributed by atoms with van der Waals surface area (Å²) in [5, 5.41) is 10.4. The van der Waals surface area contributed by atoms with Crippen molar-refractivity contribution in [3.8, 4) is 0 Å². The first-order valence-corrected chi connectivity index (χ1v) is 8.25.